The SMILES string of the molecule is Ic1cnc2n[nH]c(C3CCCCC3)c2c1-c1ccccc1. The Kier molecular flexibility index (Phi) is 3.86. The van der Waals surface area contributed by atoms with E-state index in [9.17, 15) is 0 Å². The van der Waals surface area contributed by atoms with Gasteiger partial charge in [-0.2, -0.15) is 5.10 Å². The third-order valence-corrected chi connectivity index (χ3v) is 5.46. The summed E-state index contributed by atoms with van der Waals surface area (Å²) in [5, 5.41) is 9.01. The van der Waals surface area contributed by atoms with Crippen molar-refractivity contribution in [1.82, 2.24) is 15.2 Å². The molecule has 0 atom stereocenters. The van der Waals surface area contributed by atoms with Gasteiger partial charge in [0.2, 0.25) is 0 Å². The van der Waals surface area contributed by atoms with E-state index in [2.05, 4.69) is 68.1 Å². The van der Waals surface area contributed by atoms with Crippen molar-refractivity contribution in [2.75, 3.05) is 0 Å². The van der Waals surface area contributed by atoms with Crippen molar-refractivity contribution in [2.24, 2.45) is 0 Å². The van der Waals surface area contributed by atoms with Crippen molar-refractivity contribution in [3.63, 3.8) is 0 Å². The van der Waals surface area contributed by atoms with Crippen molar-refractivity contribution < 1.29 is 0 Å². The van der Waals surface area contributed by atoms with Crippen LogP contribution in [0.2, 0.25) is 0 Å². The largest absolute Gasteiger partial charge is 0.279 e. The summed E-state index contributed by atoms with van der Waals surface area (Å²) in [4.78, 5) is 4.53. The van der Waals surface area contributed by atoms with E-state index in [1.165, 1.54) is 57.9 Å². The first-order valence-electron chi connectivity index (χ1n) is 7.92. The Bertz CT molecular complexity index is 789. The number of rotatable bonds is 2. The van der Waals surface area contributed by atoms with Crippen LogP contribution < -0.4 is 0 Å². The molecule has 0 bridgehead atoms. The minimum Gasteiger partial charge on any atom is -0.279 e. The summed E-state index contributed by atoms with van der Waals surface area (Å²) in [5.74, 6) is 0.598. The molecule has 1 saturated carbocycles. The van der Waals surface area contributed by atoms with Gasteiger partial charge in [-0.15, -0.1) is 0 Å². The first-order valence-corrected chi connectivity index (χ1v) is 9.00. The first kappa shape index (κ1) is 14.2. The number of nitrogens with one attached hydrogen (secondary N) is 1. The van der Waals surface area contributed by atoms with Crippen LogP contribution in [0.25, 0.3) is 22.2 Å². The molecule has 0 radical (unpaired) electrons. The highest BCUT2D eigenvalue weighted by Gasteiger charge is 2.23. The van der Waals surface area contributed by atoms with Crippen LogP contribution in [0.3, 0.4) is 0 Å². The molecule has 4 rings (SSSR count). The molecular weight excluding hydrogens is 385 g/mol. The molecule has 0 spiro atoms. The molecule has 4 heteroatoms. The fraction of sp³-hybridized carbons (Fsp3) is 0.333. The van der Waals surface area contributed by atoms with Gasteiger partial charge in [0.15, 0.2) is 5.65 Å². The van der Waals surface area contributed by atoms with Crippen LogP contribution in [0.15, 0.2) is 36.5 Å². The fourth-order valence-electron chi connectivity index (χ4n) is 3.56. The van der Waals surface area contributed by atoms with Gasteiger partial charge in [0.05, 0.1) is 5.39 Å². The summed E-state index contributed by atoms with van der Waals surface area (Å²) in [6, 6.07) is 10.6. The number of pyridine rings is 1. The number of H-pyrrole nitrogens is 1. The Balaban J connectivity index is 1.94. The van der Waals surface area contributed by atoms with Gasteiger partial charge in [-0.3, -0.25) is 5.10 Å². The molecule has 1 fully saturated rings. The van der Waals surface area contributed by atoms with Crippen molar-refractivity contribution in [3.05, 3.63) is 45.8 Å². The van der Waals surface area contributed by atoms with Gasteiger partial charge in [-0.05, 0) is 41.0 Å². The Labute approximate surface area is 143 Å². The molecule has 0 amide bonds. The maximum Gasteiger partial charge on any atom is 0.181 e. The number of hydrogen-bond donors (Lipinski definition) is 1. The molecule has 22 heavy (non-hydrogen) atoms. The molecule has 112 valence electrons. The highest BCUT2D eigenvalue weighted by atomic mass is 127. The molecule has 1 aliphatic rings. The van der Waals surface area contributed by atoms with Crippen LogP contribution in [0.1, 0.15) is 43.7 Å². The average molecular weight is 403 g/mol. The zero-order chi connectivity index (χ0) is 14.9. The quantitative estimate of drug-likeness (QED) is 0.592. The van der Waals surface area contributed by atoms with Gasteiger partial charge in [0, 0.05) is 26.9 Å². The molecule has 2 aromatic heterocycles. The number of fused-ring (bicyclic) bond motifs is 1. The van der Waals surface area contributed by atoms with Gasteiger partial charge >= 0.3 is 0 Å². The highest BCUT2D eigenvalue weighted by molar-refractivity contribution is 14.1. The number of aromatic amines is 1. The fourth-order valence-corrected chi connectivity index (χ4v) is 4.28. The van der Waals surface area contributed by atoms with Crippen molar-refractivity contribution >= 4 is 33.6 Å². The van der Waals surface area contributed by atoms with Crippen molar-refractivity contribution in [2.45, 2.75) is 38.0 Å². The Morgan fingerprint density at radius 2 is 1.82 bits per heavy atom. The maximum atomic E-state index is 4.53. The number of aromatic nitrogens is 3. The van der Waals surface area contributed by atoms with Crippen molar-refractivity contribution in [1.29, 1.82) is 0 Å². The molecule has 3 aromatic rings. The molecule has 1 N–H and O–H groups in total. The second-order valence-corrected chi connectivity index (χ2v) is 7.18. The highest BCUT2D eigenvalue weighted by Crippen LogP contribution is 2.39. The molecule has 0 saturated heterocycles. The normalized spacial score (nSPS) is 16.2. The molecule has 1 aromatic carbocycles. The molecular formula is C18H18IN3. The molecule has 1 aliphatic carbocycles. The zero-order valence-corrected chi connectivity index (χ0v) is 14.5. The van der Waals surface area contributed by atoms with Crippen LogP contribution in [0, 0.1) is 3.57 Å². The number of benzene rings is 1. The maximum absolute atomic E-state index is 4.53. The Morgan fingerprint density at radius 3 is 2.59 bits per heavy atom. The zero-order valence-electron chi connectivity index (χ0n) is 12.3. The van der Waals surface area contributed by atoms with E-state index >= 15 is 0 Å². The summed E-state index contributed by atoms with van der Waals surface area (Å²) < 4.78 is 1.19. The summed E-state index contributed by atoms with van der Waals surface area (Å²) in [5.41, 5.74) is 4.66. The number of halogens is 1. The van der Waals surface area contributed by atoms with E-state index in [-0.39, 0.29) is 0 Å². The van der Waals surface area contributed by atoms with E-state index in [4.69, 9.17) is 0 Å². The second-order valence-electron chi connectivity index (χ2n) is 6.02. The lowest BCUT2D eigenvalue weighted by Gasteiger charge is -2.21. The third-order valence-electron chi connectivity index (χ3n) is 4.64. The Hall–Kier alpha value is -1.43. The minimum atomic E-state index is 0.598. The van der Waals surface area contributed by atoms with Gasteiger partial charge in [0.1, 0.15) is 0 Å². The predicted octanol–water partition coefficient (Wildman–Crippen LogP) is 5.28. The van der Waals surface area contributed by atoms with E-state index in [1.54, 1.807) is 0 Å². The van der Waals surface area contributed by atoms with Crippen LogP contribution in [0.5, 0.6) is 0 Å². The predicted molar refractivity (Wildman–Crippen MR) is 97.9 cm³/mol. The van der Waals surface area contributed by atoms with E-state index in [0.717, 1.165) is 5.65 Å². The van der Waals surface area contributed by atoms with Gasteiger partial charge in [-0.1, -0.05) is 49.6 Å². The summed E-state index contributed by atoms with van der Waals surface area (Å²) >= 11 is 2.39. The van der Waals surface area contributed by atoms with Gasteiger partial charge in [0.25, 0.3) is 0 Å². The minimum absolute atomic E-state index is 0.598. The first-order chi connectivity index (χ1) is 10.8. The Morgan fingerprint density at radius 1 is 1.05 bits per heavy atom. The van der Waals surface area contributed by atoms with Crippen LogP contribution in [-0.4, -0.2) is 15.2 Å². The lowest BCUT2D eigenvalue weighted by atomic mass is 9.85. The standard InChI is InChI=1S/C18H18IN3/c19-14-11-20-18-16(15(14)12-7-3-1-4-8-12)17(21-22-18)13-9-5-2-6-10-13/h1,3-4,7-8,11,13H,2,5-6,9-10H2,(H,20,21,22). The molecule has 0 aliphatic heterocycles. The lowest BCUT2D eigenvalue weighted by Crippen LogP contribution is -2.05. The smallest absolute Gasteiger partial charge is 0.181 e. The van der Waals surface area contributed by atoms with Crippen LogP contribution in [0.4, 0.5) is 0 Å². The molecule has 3 nitrogen and oxygen atoms in total. The van der Waals surface area contributed by atoms with E-state index < -0.39 is 0 Å². The summed E-state index contributed by atoms with van der Waals surface area (Å²) in [7, 11) is 0. The van der Waals surface area contributed by atoms with Crippen LogP contribution >= 0.6 is 22.6 Å². The van der Waals surface area contributed by atoms with E-state index in [1.807, 2.05) is 6.20 Å². The summed E-state index contributed by atoms with van der Waals surface area (Å²) in [6.45, 7) is 0. The van der Waals surface area contributed by atoms with Gasteiger partial charge < -0.3 is 0 Å². The molecule has 2 heterocycles. The average Bonchev–Trinajstić information content (AvgIpc) is 3.00. The second kappa shape index (κ2) is 5.99. The summed E-state index contributed by atoms with van der Waals surface area (Å²) in [6.07, 6.45) is 8.46. The van der Waals surface area contributed by atoms with Crippen LogP contribution in [-0.2, 0) is 0 Å². The monoisotopic (exact) mass is 403 g/mol. The topological polar surface area (TPSA) is 41.6 Å². The number of nitrogens with zero attached hydrogens (tertiary/aromatic N) is 2. The van der Waals surface area contributed by atoms with Crippen molar-refractivity contribution in [3.8, 4) is 11.1 Å². The van der Waals surface area contributed by atoms with Gasteiger partial charge in [-0.25, -0.2) is 4.98 Å². The lowest BCUT2D eigenvalue weighted by molar-refractivity contribution is 0.438. The molecule has 0 unspecified atom stereocenters. The van der Waals surface area contributed by atoms with E-state index in [0.29, 0.717) is 5.92 Å². The number of hydrogen-bond acceptors (Lipinski definition) is 2. The third kappa shape index (κ3) is 2.43.